The van der Waals surface area contributed by atoms with E-state index in [4.69, 9.17) is 0 Å². The van der Waals surface area contributed by atoms with Crippen LogP contribution in [0.3, 0.4) is 0 Å². The second-order valence-corrected chi connectivity index (χ2v) is 15.5. The Labute approximate surface area is 318 Å². The van der Waals surface area contributed by atoms with E-state index in [1.165, 1.54) is 105 Å². The maximum atomic E-state index is 2.54. The molecule has 3 heterocycles. The summed E-state index contributed by atoms with van der Waals surface area (Å²) in [5, 5.41) is 7.72. The van der Waals surface area contributed by atoms with Crippen LogP contribution in [-0.2, 0) is 5.41 Å². The molecule has 2 atom stereocenters. The molecular weight excluding hydrogens is 665 g/mol. The third-order valence-corrected chi connectivity index (χ3v) is 13.1. The van der Waals surface area contributed by atoms with Crippen molar-refractivity contribution >= 4 is 60.0 Å². The Hall–Kier alpha value is -6.90. The van der Waals surface area contributed by atoms with Gasteiger partial charge in [-0.1, -0.05) is 146 Å². The molecule has 55 heavy (non-hydrogen) atoms. The van der Waals surface area contributed by atoms with Crippen molar-refractivity contribution in [3.63, 3.8) is 0 Å². The van der Waals surface area contributed by atoms with Gasteiger partial charge in [0.2, 0.25) is 0 Å². The Kier molecular flexibility index (Phi) is 5.70. The molecule has 13 rings (SSSR count). The average molecular weight is 699 g/mol. The molecule has 3 aliphatic rings. The number of hydrogen-bond donors (Lipinski definition) is 0. The summed E-state index contributed by atoms with van der Waals surface area (Å²) in [7, 11) is 0. The predicted molar refractivity (Wildman–Crippen MR) is 229 cm³/mol. The largest absolute Gasteiger partial charge is 0.309 e. The molecule has 2 aliphatic carbocycles. The topological polar surface area (TPSA) is 9.86 Å². The van der Waals surface area contributed by atoms with Gasteiger partial charge in [0.25, 0.3) is 0 Å². The Morgan fingerprint density at radius 3 is 2.04 bits per heavy atom. The third-order valence-electron chi connectivity index (χ3n) is 13.1. The van der Waals surface area contributed by atoms with Crippen molar-refractivity contribution in [2.75, 3.05) is 0 Å². The molecule has 2 heteroatoms. The fourth-order valence-corrected chi connectivity index (χ4v) is 11.0. The van der Waals surface area contributed by atoms with Gasteiger partial charge in [0, 0.05) is 33.2 Å². The Morgan fingerprint density at radius 1 is 0.473 bits per heavy atom. The number of allylic oxidation sites excluding steroid dienone is 4. The van der Waals surface area contributed by atoms with Crippen LogP contribution in [0.4, 0.5) is 0 Å². The third kappa shape index (κ3) is 3.65. The number of benzene rings is 8. The molecule has 256 valence electrons. The number of rotatable bonds is 2. The molecule has 1 spiro atoms. The van der Waals surface area contributed by atoms with Gasteiger partial charge in [-0.15, -0.1) is 0 Å². The van der Waals surface area contributed by atoms with Crippen LogP contribution in [-0.4, -0.2) is 9.13 Å². The molecular formula is C53H34N2. The van der Waals surface area contributed by atoms with E-state index in [0.717, 1.165) is 6.42 Å². The van der Waals surface area contributed by atoms with E-state index >= 15 is 0 Å². The standard InChI is InChI=1S/C53H34N2/c1-2-14-34-31-36(29-27-33(34)13-1)54-47-24-8-5-17-40(47)43-32-35(28-30-49(43)54)37-18-11-19-41-38-15-3-6-21-44(38)53(51(37)41)45-22-7-10-26-50(45)55-48-25-9-4-16-39(48)42-20-12-23-46(53)52(42)55/h1-17,19-32,37H,18H2. The number of aromatic nitrogens is 2. The van der Waals surface area contributed by atoms with Crippen molar-refractivity contribution in [1.82, 2.24) is 9.13 Å². The van der Waals surface area contributed by atoms with Gasteiger partial charge in [0.15, 0.2) is 0 Å². The minimum atomic E-state index is -0.449. The zero-order valence-electron chi connectivity index (χ0n) is 30.1. The highest BCUT2D eigenvalue weighted by Crippen LogP contribution is 2.64. The van der Waals surface area contributed by atoms with Crippen molar-refractivity contribution in [3.8, 4) is 11.4 Å². The Balaban J connectivity index is 1.10. The van der Waals surface area contributed by atoms with Crippen molar-refractivity contribution in [2.24, 2.45) is 0 Å². The van der Waals surface area contributed by atoms with Crippen LogP contribution < -0.4 is 0 Å². The zero-order valence-corrected chi connectivity index (χ0v) is 30.1. The van der Waals surface area contributed by atoms with Gasteiger partial charge in [-0.3, -0.25) is 0 Å². The van der Waals surface area contributed by atoms with Gasteiger partial charge in [-0.25, -0.2) is 0 Å². The second-order valence-electron chi connectivity index (χ2n) is 15.5. The first-order valence-corrected chi connectivity index (χ1v) is 19.5. The minimum Gasteiger partial charge on any atom is -0.309 e. The van der Waals surface area contributed by atoms with E-state index in [0.29, 0.717) is 0 Å². The van der Waals surface area contributed by atoms with Crippen LogP contribution in [0.5, 0.6) is 0 Å². The van der Waals surface area contributed by atoms with Crippen LogP contribution in [0, 0.1) is 0 Å². The monoisotopic (exact) mass is 698 g/mol. The quantitative estimate of drug-likeness (QED) is 0.170. The zero-order chi connectivity index (χ0) is 35.8. The molecule has 0 amide bonds. The molecule has 2 nitrogen and oxygen atoms in total. The summed E-state index contributed by atoms with van der Waals surface area (Å²) < 4.78 is 5.00. The lowest BCUT2D eigenvalue weighted by molar-refractivity contribution is 0.637. The minimum absolute atomic E-state index is 0.179. The number of nitrogens with zero attached hydrogens (tertiary/aromatic N) is 2. The molecule has 0 saturated carbocycles. The highest BCUT2D eigenvalue weighted by molar-refractivity contribution is 6.13. The van der Waals surface area contributed by atoms with E-state index in [1.807, 2.05) is 0 Å². The summed E-state index contributed by atoms with van der Waals surface area (Å²) in [6.45, 7) is 0. The normalized spacial score (nSPS) is 18.2. The van der Waals surface area contributed by atoms with Gasteiger partial charge in [0.05, 0.1) is 33.2 Å². The number of fused-ring (bicyclic) bond motifs is 15. The van der Waals surface area contributed by atoms with Crippen LogP contribution in [0.2, 0.25) is 0 Å². The van der Waals surface area contributed by atoms with E-state index in [2.05, 4.69) is 197 Å². The lowest BCUT2D eigenvalue weighted by Crippen LogP contribution is -2.36. The molecule has 0 N–H and O–H groups in total. The summed E-state index contributed by atoms with van der Waals surface area (Å²) >= 11 is 0. The van der Waals surface area contributed by atoms with E-state index in [1.54, 1.807) is 0 Å². The van der Waals surface area contributed by atoms with Gasteiger partial charge in [-0.05, 0) is 98.6 Å². The molecule has 2 unspecified atom stereocenters. The van der Waals surface area contributed by atoms with Crippen LogP contribution in [0.1, 0.15) is 40.2 Å². The number of hydrogen-bond acceptors (Lipinski definition) is 0. The highest BCUT2D eigenvalue weighted by atomic mass is 15.0. The van der Waals surface area contributed by atoms with Gasteiger partial charge in [0.1, 0.15) is 0 Å². The summed E-state index contributed by atoms with van der Waals surface area (Å²) in [4.78, 5) is 0. The molecule has 0 fully saturated rings. The van der Waals surface area contributed by atoms with Crippen LogP contribution in [0.15, 0.2) is 194 Å². The maximum absolute atomic E-state index is 2.54. The molecule has 0 radical (unpaired) electrons. The predicted octanol–water partition coefficient (Wildman–Crippen LogP) is 13.2. The molecule has 10 aromatic rings. The smallest absolute Gasteiger partial charge is 0.0723 e. The fraction of sp³-hybridized carbons (Fsp3) is 0.0566. The van der Waals surface area contributed by atoms with Crippen molar-refractivity contribution in [1.29, 1.82) is 0 Å². The average Bonchev–Trinajstić information content (AvgIpc) is 3.88. The van der Waals surface area contributed by atoms with Gasteiger partial charge < -0.3 is 9.13 Å². The molecule has 0 bridgehead atoms. The lowest BCUT2D eigenvalue weighted by Gasteiger charge is -2.43. The lowest BCUT2D eigenvalue weighted by atomic mass is 9.60. The van der Waals surface area contributed by atoms with E-state index in [-0.39, 0.29) is 5.92 Å². The summed E-state index contributed by atoms with van der Waals surface area (Å²) in [5.41, 5.74) is 16.8. The van der Waals surface area contributed by atoms with Gasteiger partial charge >= 0.3 is 0 Å². The first kappa shape index (κ1) is 29.5. The Bertz CT molecular complexity index is 3370. The van der Waals surface area contributed by atoms with Crippen molar-refractivity contribution < 1.29 is 0 Å². The van der Waals surface area contributed by atoms with Crippen LogP contribution in [0.25, 0.3) is 71.3 Å². The van der Waals surface area contributed by atoms with Crippen molar-refractivity contribution in [2.45, 2.75) is 17.8 Å². The molecule has 8 aromatic carbocycles. The summed E-state index contributed by atoms with van der Waals surface area (Å²) in [5.74, 6) is 0.179. The molecule has 0 saturated heterocycles. The molecule has 1 aliphatic heterocycles. The SMILES string of the molecule is C1=CC2=C(C(c3ccc4c(c3)c3ccccc3n4-c3ccc4ccccc4c3)C1)C1(c3ccccc32)c2ccccc2-n2c3ccccc3c3cccc1c32. The second kappa shape index (κ2) is 10.6. The summed E-state index contributed by atoms with van der Waals surface area (Å²) in [6.07, 6.45) is 5.80. The number of para-hydroxylation sites is 4. The van der Waals surface area contributed by atoms with E-state index in [9.17, 15) is 0 Å². The first-order chi connectivity index (χ1) is 27.3. The van der Waals surface area contributed by atoms with Crippen LogP contribution >= 0.6 is 0 Å². The van der Waals surface area contributed by atoms with Crippen molar-refractivity contribution in [3.05, 3.63) is 221 Å². The van der Waals surface area contributed by atoms with E-state index < -0.39 is 5.41 Å². The van der Waals surface area contributed by atoms with Gasteiger partial charge in [-0.2, -0.15) is 0 Å². The Morgan fingerprint density at radius 2 is 1.15 bits per heavy atom. The molecule has 2 aromatic heterocycles. The highest BCUT2D eigenvalue weighted by Gasteiger charge is 2.54. The fourth-order valence-electron chi connectivity index (χ4n) is 11.0. The maximum Gasteiger partial charge on any atom is 0.0723 e. The first-order valence-electron chi connectivity index (χ1n) is 19.5. The summed E-state index contributed by atoms with van der Waals surface area (Å²) in [6, 6.07) is 66.2.